The van der Waals surface area contributed by atoms with Gasteiger partial charge in [-0.1, -0.05) is 121 Å². The highest BCUT2D eigenvalue weighted by molar-refractivity contribution is 5.71. The van der Waals surface area contributed by atoms with E-state index in [1.807, 2.05) is 123 Å². The van der Waals surface area contributed by atoms with E-state index in [-0.39, 0.29) is 49.1 Å². The summed E-state index contributed by atoms with van der Waals surface area (Å²) in [6.45, 7) is 5.21. The fourth-order valence-electron chi connectivity index (χ4n) is 8.78. The van der Waals surface area contributed by atoms with E-state index in [2.05, 4.69) is 4.98 Å². The Kier molecular flexibility index (Phi) is 14.8. The quantitative estimate of drug-likeness (QED) is 0.112. The first-order valence-electron chi connectivity index (χ1n) is 21.9. The molecule has 1 aromatic heterocycles. The minimum absolute atomic E-state index is 0.0550. The minimum Gasteiger partial charge on any atom is -0.438 e. The van der Waals surface area contributed by atoms with Gasteiger partial charge in [0.05, 0.1) is 18.3 Å². The van der Waals surface area contributed by atoms with E-state index in [9.17, 15) is 28.6 Å². The molecule has 0 saturated carbocycles. The number of ether oxygens (including phenoxy) is 2. The van der Waals surface area contributed by atoms with Crippen LogP contribution in [0.1, 0.15) is 86.7 Å². The largest absolute Gasteiger partial charge is 0.438 e. The Labute approximate surface area is 373 Å². The molecule has 2 saturated heterocycles. The number of aromatic nitrogens is 1. The van der Waals surface area contributed by atoms with E-state index in [1.54, 1.807) is 28.1 Å². The lowest BCUT2D eigenvalue weighted by atomic mass is 9.84. The Balaban J connectivity index is 0.000000191. The topological polar surface area (TPSA) is 112 Å². The molecule has 64 heavy (non-hydrogen) atoms. The van der Waals surface area contributed by atoms with Crippen molar-refractivity contribution in [1.82, 2.24) is 14.8 Å². The van der Waals surface area contributed by atoms with Gasteiger partial charge in [-0.05, 0) is 96.7 Å². The highest BCUT2D eigenvalue weighted by Gasteiger charge is 2.44. The summed E-state index contributed by atoms with van der Waals surface area (Å²) in [5.74, 6) is -0.632. The van der Waals surface area contributed by atoms with Gasteiger partial charge in [-0.15, -0.1) is 0 Å². The number of pyridine rings is 1. The lowest BCUT2D eigenvalue weighted by Gasteiger charge is -2.43. The van der Waals surface area contributed by atoms with Crippen molar-refractivity contribution in [1.29, 1.82) is 0 Å². The van der Waals surface area contributed by atoms with Crippen LogP contribution in [-0.4, -0.2) is 63.5 Å². The molecule has 11 heteroatoms. The van der Waals surface area contributed by atoms with Gasteiger partial charge in [-0.25, -0.2) is 18.4 Å². The highest BCUT2D eigenvalue weighted by Crippen LogP contribution is 2.42. The number of rotatable bonds is 14. The third-order valence-corrected chi connectivity index (χ3v) is 12.6. The molecule has 2 fully saturated rings. The van der Waals surface area contributed by atoms with Gasteiger partial charge in [-0.2, -0.15) is 0 Å². The molecule has 4 unspecified atom stereocenters. The first-order valence-corrected chi connectivity index (χ1v) is 21.9. The summed E-state index contributed by atoms with van der Waals surface area (Å²) >= 11 is 0. The summed E-state index contributed by atoms with van der Waals surface area (Å²) in [4.78, 5) is 33.6. The zero-order valence-electron chi connectivity index (χ0n) is 36.3. The van der Waals surface area contributed by atoms with Crippen LogP contribution in [0.4, 0.5) is 18.4 Å². The number of carbonyl (C=O) groups excluding carboxylic acids is 2. The molecule has 2 aliphatic heterocycles. The van der Waals surface area contributed by atoms with Crippen molar-refractivity contribution in [2.75, 3.05) is 26.3 Å². The molecule has 0 radical (unpaired) electrons. The predicted molar refractivity (Wildman–Crippen MR) is 243 cm³/mol. The highest BCUT2D eigenvalue weighted by atomic mass is 19.1. The van der Waals surface area contributed by atoms with Crippen LogP contribution in [0.5, 0.6) is 0 Å². The van der Waals surface area contributed by atoms with Crippen molar-refractivity contribution < 1.29 is 38.1 Å². The Morgan fingerprint density at radius 3 is 1.36 bits per heavy atom. The summed E-state index contributed by atoms with van der Waals surface area (Å²) in [6.07, 6.45) is 5.73. The monoisotopic (exact) mass is 867 g/mol. The fourth-order valence-corrected chi connectivity index (χ4v) is 8.78. The first kappa shape index (κ1) is 45.6. The number of benzene rings is 5. The van der Waals surface area contributed by atoms with E-state index >= 15 is 0 Å². The first-order chi connectivity index (χ1) is 31.0. The van der Waals surface area contributed by atoms with Crippen LogP contribution in [0.3, 0.4) is 0 Å². The van der Waals surface area contributed by atoms with Gasteiger partial charge < -0.3 is 29.5 Å². The van der Waals surface area contributed by atoms with Crippen LogP contribution in [-0.2, 0) is 20.7 Å². The van der Waals surface area contributed by atoms with Gasteiger partial charge in [-0.3, -0.25) is 4.98 Å². The van der Waals surface area contributed by atoms with E-state index in [1.165, 1.54) is 24.4 Å². The number of aliphatic hydroxyl groups is 2. The number of aliphatic hydroxyl groups excluding tert-OH is 2. The molecule has 8 rings (SSSR count). The molecule has 6 aromatic rings. The van der Waals surface area contributed by atoms with Crippen LogP contribution >= 0.6 is 0 Å². The second-order valence-corrected chi connectivity index (χ2v) is 16.5. The van der Waals surface area contributed by atoms with Gasteiger partial charge in [0.15, 0.2) is 0 Å². The molecular formula is C53H55F2N3O6. The van der Waals surface area contributed by atoms with E-state index in [0.29, 0.717) is 57.2 Å². The molecule has 4 atom stereocenters. The normalized spacial score (nSPS) is 19.5. The third kappa shape index (κ3) is 10.5. The zero-order valence-corrected chi connectivity index (χ0v) is 36.3. The number of nitrogens with zero attached hydrogens (tertiary/aromatic N) is 3. The Morgan fingerprint density at radius 1 is 0.562 bits per heavy atom. The van der Waals surface area contributed by atoms with Gasteiger partial charge in [0.2, 0.25) is 0 Å². The van der Waals surface area contributed by atoms with Gasteiger partial charge in [0.25, 0.3) is 0 Å². The average molecular weight is 868 g/mol. The maximum Gasteiger partial charge on any atom is 0.411 e. The standard InChI is InChI=1S/C27H28FNO3.C26H27FN2O3/c1-20(21-8-10-22(11-9-21)23-12-14-25(28)15-13-23)29-18-17-27(16-5-19-30,32-26(29)31)24-6-3-2-4-7-24;1-19(20-8-10-21(11-9-20)22-16-24(27)18-28-17-22)29-14-13-26(12-5-15-30,32-25(29)31)23-6-3-2-4-7-23/h2-4,6-15,20,30H,5,16-19H2,1H3;2-4,6-11,16-19,30H,5,12-15H2,1H3. The molecule has 2 amide bonds. The van der Waals surface area contributed by atoms with Gasteiger partial charge in [0.1, 0.15) is 22.8 Å². The summed E-state index contributed by atoms with van der Waals surface area (Å²) in [5.41, 5.74) is 6.00. The number of cyclic esters (lactones) is 2. The SMILES string of the molecule is CC(c1ccc(-c2ccc(F)cc2)cc1)N1CCC(CCCO)(c2ccccc2)OC1=O.CC(c1ccc(-c2cncc(F)c2)cc1)N1CCC(CCCO)(c2ccccc2)OC1=O. The van der Waals surface area contributed by atoms with Crippen molar-refractivity contribution >= 4 is 12.2 Å². The molecule has 0 bridgehead atoms. The van der Waals surface area contributed by atoms with Crippen molar-refractivity contribution in [3.8, 4) is 22.3 Å². The van der Waals surface area contributed by atoms with E-state index < -0.39 is 11.2 Å². The fraction of sp³-hybridized carbons (Fsp3) is 0.302. The molecule has 332 valence electrons. The van der Waals surface area contributed by atoms with Crippen LogP contribution < -0.4 is 0 Å². The van der Waals surface area contributed by atoms with Crippen LogP contribution in [0.25, 0.3) is 22.3 Å². The second kappa shape index (κ2) is 20.8. The van der Waals surface area contributed by atoms with Crippen molar-refractivity contribution in [3.63, 3.8) is 0 Å². The molecule has 0 spiro atoms. The van der Waals surface area contributed by atoms with Gasteiger partial charge in [0, 0.05) is 50.9 Å². The number of hydrogen-bond acceptors (Lipinski definition) is 7. The van der Waals surface area contributed by atoms with Crippen LogP contribution in [0, 0.1) is 11.6 Å². The maximum atomic E-state index is 13.5. The Bertz CT molecular complexity index is 2440. The summed E-state index contributed by atoms with van der Waals surface area (Å²) in [6, 6.07) is 42.8. The third-order valence-electron chi connectivity index (χ3n) is 12.6. The van der Waals surface area contributed by atoms with E-state index in [4.69, 9.17) is 9.47 Å². The molecule has 5 aromatic carbocycles. The maximum absolute atomic E-state index is 13.5. The molecule has 3 heterocycles. The molecule has 9 nitrogen and oxygen atoms in total. The van der Waals surface area contributed by atoms with E-state index in [0.717, 1.165) is 38.9 Å². The lowest BCUT2D eigenvalue weighted by molar-refractivity contribution is -0.0685. The minimum atomic E-state index is -0.717. The smallest absolute Gasteiger partial charge is 0.411 e. The summed E-state index contributed by atoms with van der Waals surface area (Å²) in [7, 11) is 0. The Morgan fingerprint density at radius 2 is 0.969 bits per heavy atom. The molecule has 0 aliphatic carbocycles. The number of halogens is 2. The van der Waals surface area contributed by atoms with Crippen LogP contribution in [0.15, 0.2) is 152 Å². The van der Waals surface area contributed by atoms with Crippen molar-refractivity contribution in [3.05, 3.63) is 186 Å². The zero-order chi connectivity index (χ0) is 45.1. The lowest BCUT2D eigenvalue weighted by Crippen LogP contribution is -2.48. The number of hydrogen-bond donors (Lipinski definition) is 2. The van der Waals surface area contributed by atoms with Gasteiger partial charge >= 0.3 is 12.2 Å². The summed E-state index contributed by atoms with van der Waals surface area (Å²) in [5, 5.41) is 18.7. The van der Waals surface area contributed by atoms with Crippen molar-refractivity contribution in [2.45, 2.75) is 75.7 Å². The molecule has 2 aliphatic rings. The van der Waals surface area contributed by atoms with Crippen molar-refractivity contribution in [2.24, 2.45) is 0 Å². The Hall–Kier alpha value is -6.43. The number of amides is 2. The average Bonchev–Trinajstić information content (AvgIpc) is 3.33. The number of carbonyl (C=O) groups is 2. The van der Waals surface area contributed by atoms with Crippen LogP contribution in [0.2, 0.25) is 0 Å². The second-order valence-electron chi connectivity index (χ2n) is 16.5. The summed E-state index contributed by atoms with van der Waals surface area (Å²) < 4.78 is 38.8. The molecular weight excluding hydrogens is 813 g/mol. The predicted octanol–water partition coefficient (Wildman–Crippen LogP) is 11.5. The molecule has 2 N–H and O–H groups in total.